The van der Waals surface area contributed by atoms with Crippen molar-refractivity contribution in [3.8, 4) is 0 Å². The third kappa shape index (κ3) is 4.57. The molecule has 0 aliphatic rings. The molecular formula is C3H4BrS. The van der Waals surface area contributed by atoms with E-state index in [0.717, 1.165) is 0 Å². The lowest BCUT2D eigenvalue weighted by Gasteiger charge is -1.61. The Labute approximate surface area is 45.8 Å². The van der Waals surface area contributed by atoms with Crippen molar-refractivity contribution in [2.24, 2.45) is 0 Å². The monoisotopic (exact) mass is 151 g/mol. The van der Waals surface area contributed by atoms with E-state index in [1.807, 2.05) is 6.08 Å². The van der Waals surface area contributed by atoms with Gasteiger partial charge >= 0.3 is 0 Å². The Morgan fingerprint density at radius 3 is 2.40 bits per heavy atom. The largest absolute Gasteiger partial charge is 0.0896 e. The Balaban J connectivity index is 2.62. The summed E-state index contributed by atoms with van der Waals surface area (Å²) in [5.74, 6) is 0.700. The summed E-state index contributed by atoms with van der Waals surface area (Å²) in [6, 6.07) is 0. The van der Waals surface area contributed by atoms with Crippen molar-refractivity contribution in [3.05, 3.63) is 11.1 Å². The molecule has 0 aliphatic carbocycles. The first kappa shape index (κ1) is 5.57. The van der Waals surface area contributed by atoms with Gasteiger partial charge in [-0.25, -0.2) is 0 Å². The maximum Gasteiger partial charge on any atom is 0.0225 e. The zero-order chi connectivity index (χ0) is 4.12. The standard InChI is InChI=1S/C3H4BrS/c4-2-1-3-5/h1-2H,3H2/b2-1+. The molecule has 0 spiro atoms. The lowest BCUT2D eigenvalue weighted by molar-refractivity contribution is 1.84. The Bertz CT molecular complexity index is 33.9. The summed E-state index contributed by atoms with van der Waals surface area (Å²) in [6.45, 7) is 0. The van der Waals surface area contributed by atoms with Gasteiger partial charge in [0, 0.05) is 5.75 Å². The summed E-state index contributed by atoms with van der Waals surface area (Å²) in [4.78, 5) is 1.76. The van der Waals surface area contributed by atoms with Crippen LogP contribution in [0, 0.1) is 0 Å². The molecule has 5 heavy (non-hydrogen) atoms. The fourth-order valence-corrected chi connectivity index (χ4v) is 0.567. The molecule has 0 heterocycles. The molecule has 0 unspecified atom stereocenters. The molecule has 0 aromatic carbocycles. The fourth-order valence-electron chi connectivity index (χ4n) is 0.0364. The van der Waals surface area contributed by atoms with Crippen molar-refractivity contribution in [1.82, 2.24) is 0 Å². The van der Waals surface area contributed by atoms with Crippen LogP contribution in [0.1, 0.15) is 0 Å². The second kappa shape index (κ2) is 4.57. The summed E-state index contributed by atoms with van der Waals surface area (Å²) in [6.07, 6.45) is 1.86. The van der Waals surface area contributed by atoms with Crippen LogP contribution in [0.15, 0.2) is 11.1 Å². The second-order valence-corrected chi connectivity index (χ2v) is 1.39. The van der Waals surface area contributed by atoms with Crippen LogP contribution in [-0.4, -0.2) is 5.75 Å². The third-order valence-corrected chi connectivity index (χ3v) is 0.752. The van der Waals surface area contributed by atoms with E-state index in [9.17, 15) is 0 Å². The van der Waals surface area contributed by atoms with Crippen LogP contribution in [0.4, 0.5) is 0 Å². The maximum absolute atomic E-state index is 4.53. The maximum atomic E-state index is 4.53. The van der Waals surface area contributed by atoms with Crippen molar-refractivity contribution in [3.63, 3.8) is 0 Å². The van der Waals surface area contributed by atoms with Gasteiger partial charge in [-0.2, -0.15) is 0 Å². The highest BCUT2D eigenvalue weighted by atomic mass is 79.9. The summed E-state index contributed by atoms with van der Waals surface area (Å²) >= 11 is 7.60. The number of hydrogen-bond acceptors (Lipinski definition) is 0. The molecule has 0 rings (SSSR count). The molecule has 0 saturated carbocycles. The summed E-state index contributed by atoms with van der Waals surface area (Å²) in [5.41, 5.74) is 0. The van der Waals surface area contributed by atoms with Crippen LogP contribution < -0.4 is 0 Å². The quantitative estimate of drug-likeness (QED) is 0.539. The van der Waals surface area contributed by atoms with Gasteiger partial charge in [0.05, 0.1) is 0 Å². The van der Waals surface area contributed by atoms with E-state index < -0.39 is 0 Å². The molecule has 0 atom stereocenters. The zero-order valence-corrected chi connectivity index (χ0v) is 5.05. The Kier molecular flexibility index (Phi) is 5.09. The van der Waals surface area contributed by atoms with Crippen LogP contribution in [-0.2, 0) is 0 Å². The second-order valence-electron chi connectivity index (χ2n) is 0.528. The van der Waals surface area contributed by atoms with Crippen LogP contribution in [0.5, 0.6) is 0 Å². The zero-order valence-electron chi connectivity index (χ0n) is 2.65. The van der Waals surface area contributed by atoms with Gasteiger partial charge in [0.2, 0.25) is 0 Å². The van der Waals surface area contributed by atoms with Gasteiger partial charge in [0.15, 0.2) is 0 Å². The average Bonchev–Trinajstić information content (AvgIpc) is 1.41. The smallest absolute Gasteiger partial charge is 0.0225 e. The lowest BCUT2D eigenvalue weighted by Crippen LogP contribution is -1.49. The molecular weight excluding hydrogens is 148 g/mol. The van der Waals surface area contributed by atoms with E-state index in [1.165, 1.54) is 0 Å². The van der Waals surface area contributed by atoms with Crippen molar-refractivity contribution >= 4 is 28.6 Å². The summed E-state index contributed by atoms with van der Waals surface area (Å²) in [7, 11) is 0. The minimum absolute atomic E-state index is 0.700. The van der Waals surface area contributed by atoms with E-state index >= 15 is 0 Å². The van der Waals surface area contributed by atoms with Gasteiger partial charge in [0.25, 0.3) is 0 Å². The molecule has 0 fully saturated rings. The predicted molar refractivity (Wildman–Crippen MR) is 30.5 cm³/mol. The first-order chi connectivity index (χ1) is 2.41. The molecule has 0 nitrogen and oxygen atoms in total. The topological polar surface area (TPSA) is 0 Å². The van der Waals surface area contributed by atoms with Crippen molar-refractivity contribution in [1.29, 1.82) is 0 Å². The molecule has 0 aromatic heterocycles. The molecule has 0 amide bonds. The van der Waals surface area contributed by atoms with Gasteiger partial charge in [-0.05, 0) is 4.99 Å². The third-order valence-electron chi connectivity index (χ3n) is 0.185. The van der Waals surface area contributed by atoms with E-state index in [1.54, 1.807) is 4.99 Å². The van der Waals surface area contributed by atoms with E-state index in [-0.39, 0.29) is 0 Å². The molecule has 29 valence electrons. The van der Waals surface area contributed by atoms with Crippen molar-refractivity contribution < 1.29 is 0 Å². The number of halogens is 1. The van der Waals surface area contributed by atoms with E-state index in [2.05, 4.69) is 28.6 Å². The average molecular weight is 152 g/mol. The molecule has 0 aliphatic heterocycles. The van der Waals surface area contributed by atoms with E-state index in [4.69, 9.17) is 0 Å². The minimum atomic E-state index is 0.700. The fraction of sp³-hybridized carbons (Fsp3) is 0.333. The van der Waals surface area contributed by atoms with Crippen LogP contribution >= 0.6 is 28.6 Å². The molecule has 0 N–H and O–H groups in total. The summed E-state index contributed by atoms with van der Waals surface area (Å²) in [5, 5.41) is 0. The lowest BCUT2D eigenvalue weighted by atomic mass is 10.8. The molecule has 0 saturated heterocycles. The number of rotatable bonds is 1. The van der Waals surface area contributed by atoms with Gasteiger partial charge in [-0.15, -0.1) is 0 Å². The molecule has 2 heteroatoms. The summed E-state index contributed by atoms with van der Waals surface area (Å²) < 4.78 is 0. The van der Waals surface area contributed by atoms with E-state index in [0.29, 0.717) is 5.75 Å². The first-order valence-electron chi connectivity index (χ1n) is 1.25. The number of hydrogen-bond donors (Lipinski definition) is 0. The van der Waals surface area contributed by atoms with Gasteiger partial charge in [-0.1, -0.05) is 34.6 Å². The Morgan fingerprint density at radius 1 is 1.80 bits per heavy atom. The molecule has 0 bridgehead atoms. The van der Waals surface area contributed by atoms with Gasteiger partial charge in [0.1, 0.15) is 0 Å². The van der Waals surface area contributed by atoms with Crippen LogP contribution in [0.25, 0.3) is 0 Å². The van der Waals surface area contributed by atoms with Crippen molar-refractivity contribution in [2.45, 2.75) is 0 Å². The Hall–Kier alpha value is 0.570. The van der Waals surface area contributed by atoms with Crippen molar-refractivity contribution in [2.75, 3.05) is 5.75 Å². The van der Waals surface area contributed by atoms with Crippen LogP contribution in [0.2, 0.25) is 0 Å². The highest BCUT2D eigenvalue weighted by Gasteiger charge is 1.55. The van der Waals surface area contributed by atoms with Gasteiger partial charge < -0.3 is 0 Å². The highest BCUT2D eigenvalue weighted by Crippen LogP contribution is 1.82. The minimum Gasteiger partial charge on any atom is -0.0896 e. The highest BCUT2D eigenvalue weighted by molar-refractivity contribution is 9.11. The predicted octanol–water partition coefficient (Wildman–Crippen LogP) is 2.09. The first-order valence-corrected chi connectivity index (χ1v) is 2.74. The van der Waals surface area contributed by atoms with Gasteiger partial charge in [-0.3, -0.25) is 0 Å². The SMILES string of the molecule is [S]C/C=C/Br. The normalized spacial score (nSPS) is 10.0. The Morgan fingerprint density at radius 2 is 2.40 bits per heavy atom. The molecule has 1 radical (unpaired) electrons. The van der Waals surface area contributed by atoms with Crippen LogP contribution in [0.3, 0.4) is 0 Å². The molecule has 0 aromatic rings.